The molecule has 3 heteroatoms. The highest BCUT2D eigenvalue weighted by Gasteiger charge is 2.48. The highest BCUT2D eigenvalue weighted by molar-refractivity contribution is 5.77. The summed E-state index contributed by atoms with van der Waals surface area (Å²) in [5, 5.41) is 9.53. The van der Waals surface area contributed by atoms with Gasteiger partial charge in [-0.25, -0.2) is 0 Å². The molecule has 0 spiro atoms. The first-order valence-electron chi connectivity index (χ1n) is 13.2. The summed E-state index contributed by atoms with van der Waals surface area (Å²) in [5.41, 5.74) is 2.23. The fraction of sp³-hybridized carbons (Fsp3) is 0.394. The Labute approximate surface area is 217 Å². The van der Waals surface area contributed by atoms with Crippen molar-refractivity contribution in [3.8, 4) is 6.07 Å². The Kier molecular flexibility index (Phi) is 9.88. The van der Waals surface area contributed by atoms with Crippen molar-refractivity contribution in [1.29, 1.82) is 5.26 Å². The van der Waals surface area contributed by atoms with E-state index in [9.17, 15) is 10.1 Å². The van der Waals surface area contributed by atoms with Gasteiger partial charge in [-0.05, 0) is 48.3 Å². The van der Waals surface area contributed by atoms with Crippen LogP contribution in [0.1, 0.15) is 76.0 Å². The maximum atomic E-state index is 13.9. The summed E-state index contributed by atoms with van der Waals surface area (Å²) in [4.78, 5) is 13.9. The number of rotatable bonds is 13. The molecule has 0 heterocycles. The summed E-state index contributed by atoms with van der Waals surface area (Å²) < 4.78 is 5.98. The molecule has 3 rings (SSSR count). The van der Waals surface area contributed by atoms with Crippen molar-refractivity contribution in [3.63, 3.8) is 0 Å². The van der Waals surface area contributed by atoms with Gasteiger partial charge in [-0.3, -0.25) is 4.79 Å². The van der Waals surface area contributed by atoms with E-state index in [0.717, 1.165) is 18.4 Å². The normalized spacial score (nSPS) is 13.8. The monoisotopic (exact) mass is 481 g/mol. The predicted octanol–water partition coefficient (Wildman–Crippen LogP) is 8.24. The molecule has 0 bridgehead atoms. The van der Waals surface area contributed by atoms with Crippen LogP contribution in [0.2, 0.25) is 0 Å². The van der Waals surface area contributed by atoms with Gasteiger partial charge >= 0.3 is 5.97 Å². The number of nitriles is 1. The number of nitrogens with zero attached hydrogens (tertiary/aromatic N) is 1. The molecular formula is C33H39NO2. The Bertz CT molecular complexity index is 1070. The lowest BCUT2D eigenvalue weighted by atomic mass is 9.59. The molecule has 36 heavy (non-hydrogen) atoms. The Hall–Kier alpha value is -3.38. The minimum atomic E-state index is -0.774. The molecule has 188 valence electrons. The maximum Gasteiger partial charge on any atom is 0.312 e. The lowest BCUT2D eigenvalue weighted by molar-refractivity contribution is -0.159. The average molecular weight is 482 g/mol. The molecule has 2 unspecified atom stereocenters. The van der Waals surface area contributed by atoms with Gasteiger partial charge in [0.25, 0.3) is 0 Å². The molecule has 3 aromatic rings. The summed E-state index contributed by atoms with van der Waals surface area (Å²) in [5.74, 6) is 0.251. The first-order chi connectivity index (χ1) is 17.5. The summed E-state index contributed by atoms with van der Waals surface area (Å²) in [6.45, 7) is 6.81. The van der Waals surface area contributed by atoms with Crippen molar-refractivity contribution >= 4 is 5.97 Å². The van der Waals surface area contributed by atoms with E-state index in [4.69, 9.17) is 4.74 Å². The van der Waals surface area contributed by atoms with Gasteiger partial charge < -0.3 is 4.74 Å². The van der Waals surface area contributed by atoms with Gasteiger partial charge in [-0.1, -0.05) is 118 Å². The Balaban J connectivity index is 2.11. The summed E-state index contributed by atoms with van der Waals surface area (Å²) in [7, 11) is 0. The summed E-state index contributed by atoms with van der Waals surface area (Å²) >= 11 is 0. The molecule has 0 N–H and O–H groups in total. The van der Waals surface area contributed by atoms with Crippen molar-refractivity contribution in [2.45, 2.75) is 71.3 Å². The van der Waals surface area contributed by atoms with Gasteiger partial charge in [0.2, 0.25) is 0 Å². The Morgan fingerprint density at radius 2 is 1.42 bits per heavy atom. The largest absolute Gasteiger partial charge is 0.460 e. The van der Waals surface area contributed by atoms with E-state index in [1.54, 1.807) is 0 Å². The van der Waals surface area contributed by atoms with Gasteiger partial charge in [0.1, 0.15) is 6.61 Å². The molecule has 3 aromatic carbocycles. The second kappa shape index (κ2) is 13.1. The molecule has 3 nitrogen and oxygen atoms in total. The molecular weight excluding hydrogens is 442 g/mol. The van der Waals surface area contributed by atoms with Crippen LogP contribution in [-0.4, -0.2) is 5.97 Å². The molecule has 0 aliphatic heterocycles. The zero-order valence-corrected chi connectivity index (χ0v) is 22.0. The maximum absolute atomic E-state index is 13.9. The molecule has 0 amide bonds. The SMILES string of the molecule is CCC(C)CC(CC(CC)(CCC#N)C(=O)OCc1ccccc1)(c1ccccc1)c1ccccc1. The van der Waals surface area contributed by atoms with Crippen LogP contribution in [0.25, 0.3) is 0 Å². The smallest absolute Gasteiger partial charge is 0.312 e. The molecule has 0 radical (unpaired) electrons. The van der Waals surface area contributed by atoms with Gasteiger partial charge in [0.15, 0.2) is 0 Å². The Morgan fingerprint density at radius 3 is 1.89 bits per heavy atom. The van der Waals surface area contributed by atoms with Gasteiger partial charge in [0.05, 0.1) is 11.5 Å². The lowest BCUT2D eigenvalue weighted by Crippen LogP contribution is -2.42. The predicted molar refractivity (Wildman–Crippen MR) is 146 cm³/mol. The minimum Gasteiger partial charge on any atom is -0.460 e. The number of hydrogen-bond donors (Lipinski definition) is 0. The van der Waals surface area contributed by atoms with Crippen LogP contribution < -0.4 is 0 Å². The van der Waals surface area contributed by atoms with Crippen LogP contribution >= 0.6 is 0 Å². The van der Waals surface area contributed by atoms with Gasteiger partial charge in [-0.2, -0.15) is 5.26 Å². The third-order valence-corrected chi connectivity index (χ3v) is 7.72. The fourth-order valence-corrected chi connectivity index (χ4v) is 5.39. The molecule has 0 aliphatic carbocycles. The highest BCUT2D eigenvalue weighted by atomic mass is 16.5. The second-order valence-electron chi connectivity index (χ2n) is 10.1. The molecule has 0 saturated heterocycles. The third kappa shape index (κ3) is 6.43. The molecule has 0 saturated carbocycles. The summed E-state index contributed by atoms with van der Waals surface area (Å²) in [6, 6.07) is 33.3. The van der Waals surface area contributed by atoms with Crippen LogP contribution in [0, 0.1) is 22.7 Å². The van der Waals surface area contributed by atoms with Crippen LogP contribution in [0.15, 0.2) is 91.0 Å². The zero-order valence-electron chi connectivity index (χ0n) is 22.0. The third-order valence-electron chi connectivity index (χ3n) is 7.72. The minimum absolute atomic E-state index is 0.204. The van der Waals surface area contributed by atoms with E-state index in [1.807, 2.05) is 42.5 Å². The quantitative estimate of drug-likeness (QED) is 0.231. The van der Waals surface area contributed by atoms with Crippen molar-refractivity contribution in [2.24, 2.45) is 11.3 Å². The topological polar surface area (TPSA) is 50.1 Å². The van der Waals surface area contributed by atoms with Crippen molar-refractivity contribution in [3.05, 3.63) is 108 Å². The second-order valence-corrected chi connectivity index (χ2v) is 10.1. The molecule has 0 fully saturated rings. The molecule has 0 aromatic heterocycles. The van der Waals surface area contributed by atoms with Gasteiger partial charge in [-0.15, -0.1) is 0 Å². The van der Waals surface area contributed by atoms with Crippen LogP contribution in [0.3, 0.4) is 0 Å². The van der Waals surface area contributed by atoms with E-state index in [2.05, 4.69) is 75.4 Å². The Morgan fingerprint density at radius 1 is 0.889 bits per heavy atom. The number of benzene rings is 3. The number of hydrogen-bond acceptors (Lipinski definition) is 3. The van der Waals surface area contributed by atoms with E-state index in [0.29, 0.717) is 31.6 Å². The van der Waals surface area contributed by atoms with Crippen LogP contribution in [0.5, 0.6) is 0 Å². The van der Waals surface area contributed by atoms with Crippen LogP contribution in [0.4, 0.5) is 0 Å². The average Bonchev–Trinajstić information content (AvgIpc) is 2.94. The zero-order chi connectivity index (χ0) is 25.9. The van der Waals surface area contributed by atoms with Crippen LogP contribution in [-0.2, 0) is 21.6 Å². The van der Waals surface area contributed by atoms with Gasteiger partial charge in [0, 0.05) is 11.8 Å². The van der Waals surface area contributed by atoms with E-state index in [-0.39, 0.29) is 18.0 Å². The van der Waals surface area contributed by atoms with Crippen molar-refractivity contribution in [2.75, 3.05) is 0 Å². The van der Waals surface area contributed by atoms with E-state index >= 15 is 0 Å². The standard InChI is InChI=1S/C33H39NO2/c1-4-27(3)24-33(29-18-11-7-12-19-29,30-20-13-8-14-21-30)26-32(5-2,22-15-23-34)31(35)36-25-28-16-9-6-10-17-28/h6-14,16-21,27H,4-5,15,22,24-26H2,1-3H3. The number of carbonyl (C=O) groups excluding carboxylic acids is 1. The molecule has 2 atom stereocenters. The highest BCUT2D eigenvalue weighted by Crippen LogP contribution is 2.50. The van der Waals surface area contributed by atoms with Crippen molar-refractivity contribution in [1.82, 2.24) is 0 Å². The first kappa shape index (κ1) is 27.2. The summed E-state index contributed by atoms with van der Waals surface area (Å²) in [6.07, 6.45) is 3.98. The number of esters is 1. The number of carbonyl (C=O) groups is 1. The lowest BCUT2D eigenvalue weighted by Gasteiger charge is -2.44. The van der Waals surface area contributed by atoms with Crippen molar-refractivity contribution < 1.29 is 9.53 Å². The van der Waals surface area contributed by atoms with E-state index < -0.39 is 5.41 Å². The molecule has 0 aliphatic rings. The van der Waals surface area contributed by atoms with E-state index in [1.165, 1.54) is 11.1 Å². The fourth-order valence-electron chi connectivity index (χ4n) is 5.39. The number of ether oxygens (including phenoxy) is 1. The first-order valence-corrected chi connectivity index (χ1v) is 13.2.